The molecule has 0 radical (unpaired) electrons. The van der Waals surface area contributed by atoms with Crippen LogP contribution in [-0.4, -0.2) is 19.6 Å². The zero-order chi connectivity index (χ0) is 24.3. The van der Waals surface area contributed by atoms with Crippen LogP contribution in [-0.2, 0) is 24.4 Å². The number of aromatic nitrogens is 3. The number of benzene rings is 1. The predicted molar refractivity (Wildman–Crippen MR) is 118 cm³/mol. The van der Waals surface area contributed by atoms with Crippen LogP contribution in [0, 0.1) is 42.3 Å². The van der Waals surface area contributed by atoms with E-state index in [1.54, 1.807) is 43.5 Å². The Morgan fingerprint density at radius 2 is 1.76 bits per heavy atom. The molecule has 2 aromatic heterocycles. The van der Waals surface area contributed by atoms with Gasteiger partial charge in [-0.25, -0.2) is 13.8 Å². The number of nitriles is 2. The smallest absolute Gasteiger partial charge is 0.326 e. The summed E-state index contributed by atoms with van der Waals surface area (Å²) in [4.78, 5) is 37.8. The predicted octanol–water partition coefficient (Wildman–Crippen LogP) is 2.02. The number of amides is 1. The van der Waals surface area contributed by atoms with Crippen LogP contribution in [0.1, 0.15) is 34.9 Å². The van der Waals surface area contributed by atoms with Crippen molar-refractivity contribution >= 4 is 11.7 Å². The fourth-order valence-electron chi connectivity index (χ4n) is 3.51. The molecule has 2 heterocycles. The number of hydrogen-bond donors (Lipinski definition) is 1. The average Bonchev–Trinajstić information content (AvgIpc) is 3.02. The summed E-state index contributed by atoms with van der Waals surface area (Å²) in [5, 5.41) is 21.5. The fourth-order valence-corrected chi connectivity index (χ4v) is 3.51. The first kappa shape index (κ1) is 23.2. The van der Waals surface area contributed by atoms with Gasteiger partial charge in [-0.05, 0) is 44.0 Å². The highest BCUT2D eigenvalue weighted by Crippen LogP contribution is 2.27. The van der Waals surface area contributed by atoms with E-state index in [0.29, 0.717) is 10.1 Å². The first-order chi connectivity index (χ1) is 15.7. The molecule has 1 amide bonds. The van der Waals surface area contributed by atoms with Gasteiger partial charge in [0.15, 0.2) is 0 Å². The first-order valence-electron chi connectivity index (χ1n) is 10.1. The second-order valence-corrected chi connectivity index (χ2v) is 7.42. The van der Waals surface area contributed by atoms with Gasteiger partial charge in [-0.15, -0.1) is 0 Å². The van der Waals surface area contributed by atoms with Gasteiger partial charge in [0, 0.05) is 25.0 Å². The molecule has 10 heteroatoms. The Morgan fingerprint density at radius 1 is 1.09 bits per heavy atom. The lowest BCUT2D eigenvalue weighted by Gasteiger charge is -2.14. The van der Waals surface area contributed by atoms with Gasteiger partial charge in [0.25, 0.3) is 5.56 Å². The maximum absolute atomic E-state index is 13.3. The third kappa shape index (κ3) is 4.46. The molecule has 0 bridgehead atoms. The number of nitrogens with one attached hydrogen (secondary N) is 1. The van der Waals surface area contributed by atoms with Crippen LogP contribution in [0.5, 0.6) is 0 Å². The number of rotatable bonds is 6. The Balaban J connectivity index is 2.00. The van der Waals surface area contributed by atoms with Gasteiger partial charge >= 0.3 is 5.69 Å². The third-order valence-corrected chi connectivity index (χ3v) is 5.45. The lowest BCUT2D eigenvalue weighted by atomic mass is 10.2. The molecule has 0 aliphatic rings. The molecule has 0 saturated heterocycles. The van der Waals surface area contributed by atoms with Crippen LogP contribution in [0.15, 0.2) is 40.1 Å². The molecule has 3 rings (SSSR count). The van der Waals surface area contributed by atoms with Gasteiger partial charge in [0.2, 0.25) is 5.91 Å². The molecular weight excluding hydrogens is 427 g/mol. The molecular formula is C23H21FN6O3. The van der Waals surface area contributed by atoms with Gasteiger partial charge in [-0.3, -0.25) is 14.2 Å². The minimum absolute atomic E-state index is 0.210. The van der Waals surface area contributed by atoms with E-state index < -0.39 is 23.7 Å². The van der Waals surface area contributed by atoms with E-state index in [0.717, 1.165) is 17.5 Å². The van der Waals surface area contributed by atoms with Crippen molar-refractivity contribution in [2.24, 2.45) is 0 Å². The zero-order valence-corrected chi connectivity index (χ0v) is 18.3. The van der Waals surface area contributed by atoms with Crippen LogP contribution < -0.4 is 16.6 Å². The molecule has 1 N–H and O–H groups in total. The summed E-state index contributed by atoms with van der Waals surface area (Å²) in [5.41, 5.74) is 0.539. The molecule has 0 saturated carbocycles. The highest BCUT2D eigenvalue weighted by Gasteiger charge is 2.21. The number of nitrogens with zero attached hydrogens (tertiary/aromatic N) is 5. The molecule has 0 fully saturated rings. The SMILES string of the molecule is CCn1cc(C#N)c(=O)n(CC(=O)Nc2c(C#N)c(C)c(C)n2Cc2ccc(F)cc2)c1=O. The summed E-state index contributed by atoms with van der Waals surface area (Å²) in [5.74, 6) is -0.878. The molecule has 168 valence electrons. The van der Waals surface area contributed by atoms with Crippen LogP contribution in [0.2, 0.25) is 0 Å². The summed E-state index contributed by atoms with van der Waals surface area (Å²) in [6.45, 7) is 5.05. The monoisotopic (exact) mass is 448 g/mol. The molecule has 1 aromatic carbocycles. The van der Waals surface area contributed by atoms with Crippen molar-refractivity contribution < 1.29 is 9.18 Å². The molecule has 0 atom stereocenters. The first-order valence-corrected chi connectivity index (χ1v) is 10.1. The van der Waals surface area contributed by atoms with Crippen molar-refractivity contribution in [2.45, 2.75) is 40.4 Å². The van der Waals surface area contributed by atoms with E-state index in [-0.39, 0.29) is 35.9 Å². The summed E-state index contributed by atoms with van der Waals surface area (Å²) < 4.78 is 16.8. The lowest BCUT2D eigenvalue weighted by molar-refractivity contribution is -0.116. The van der Waals surface area contributed by atoms with E-state index in [1.807, 2.05) is 0 Å². The molecule has 0 aliphatic heterocycles. The number of hydrogen-bond acceptors (Lipinski definition) is 5. The van der Waals surface area contributed by atoms with Crippen molar-refractivity contribution in [3.8, 4) is 12.1 Å². The number of aryl methyl sites for hydroxylation is 1. The maximum Gasteiger partial charge on any atom is 0.331 e. The number of carbonyl (C=O) groups excluding carboxylic acids is 1. The van der Waals surface area contributed by atoms with Crippen molar-refractivity contribution in [1.82, 2.24) is 13.7 Å². The highest BCUT2D eigenvalue weighted by molar-refractivity contribution is 5.91. The fraction of sp³-hybridized carbons (Fsp3) is 0.261. The minimum atomic E-state index is -0.864. The highest BCUT2D eigenvalue weighted by atomic mass is 19.1. The Hall–Kier alpha value is -4.44. The van der Waals surface area contributed by atoms with Gasteiger partial charge < -0.3 is 9.88 Å². The second kappa shape index (κ2) is 9.37. The molecule has 0 spiro atoms. The van der Waals surface area contributed by atoms with Gasteiger partial charge in [-0.1, -0.05) is 12.1 Å². The number of halogens is 1. The maximum atomic E-state index is 13.3. The third-order valence-electron chi connectivity index (χ3n) is 5.45. The largest absolute Gasteiger partial charge is 0.331 e. The molecule has 0 aliphatic carbocycles. The van der Waals surface area contributed by atoms with Crippen LogP contribution in [0.4, 0.5) is 10.2 Å². The number of anilines is 1. The van der Waals surface area contributed by atoms with E-state index in [4.69, 9.17) is 0 Å². The Bertz CT molecular complexity index is 1430. The van der Waals surface area contributed by atoms with Crippen LogP contribution >= 0.6 is 0 Å². The Morgan fingerprint density at radius 3 is 2.33 bits per heavy atom. The van der Waals surface area contributed by atoms with Crippen molar-refractivity contribution in [3.05, 3.63) is 85.1 Å². The van der Waals surface area contributed by atoms with Gasteiger partial charge in [0.05, 0.1) is 5.56 Å². The zero-order valence-electron chi connectivity index (χ0n) is 18.3. The summed E-state index contributed by atoms with van der Waals surface area (Å²) in [7, 11) is 0. The normalized spacial score (nSPS) is 10.5. The summed E-state index contributed by atoms with van der Waals surface area (Å²) >= 11 is 0. The molecule has 9 nitrogen and oxygen atoms in total. The lowest BCUT2D eigenvalue weighted by Crippen LogP contribution is -2.43. The molecule has 3 aromatic rings. The van der Waals surface area contributed by atoms with E-state index in [1.165, 1.54) is 16.7 Å². The van der Waals surface area contributed by atoms with Gasteiger partial charge in [0.1, 0.15) is 35.9 Å². The van der Waals surface area contributed by atoms with Crippen molar-refractivity contribution in [1.29, 1.82) is 10.5 Å². The van der Waals surface area contributed by atoms with Crippen molar-refractivity contribution in [2.75, 3.05) is 5.32 Å². The number of carbonyl (C=O) groups is 1. The second-order valence-electron chi connectivity index (χ2n) is 7.42. The quantitative estimate of drug-likeness (QED) is 0.617. The van der Waals surface area contributed by atoms with Gasteiger partial charge in [-0.2, -0.15) is 10.5 Å². The molecule has 0 unspecified atom stereocenters. The Labute approximate surface area is 188 Å². The van der Waals surface area contributed by atoms with E-state index >= 15 is 0 Å². The van der Waals surface area contributed by atoms with E-state index in [2.05, 4.69) is 11.4 Å². The van der Waals surface area contributed by atoms with E-state index in [9.17, 15) is 29.3 Å². The minimum Gasteiger partial charge on any atom is -0.326 e. The standard InChI is InChI=1S/C23H21FN6O3/c1-4-28-12-17(9-25)22(32)30(23(28)33)13-20(31)27-21-19(10-26)14(2)15(3)29(21)11-16-5-7-18(24)8-6-16/h5-8,12H,4,11,13H2,1-3H3,(H,27,31). The Kier molecular flexibility index (Phi) is 6.59. The van der Waals surface area contributed by atoms with Crippen LogP contribution in [0.3, 0.4) is 0 Å². The topological polar surface area (TPSA) is 126 Å². The summed E-state index contributed by atoms with van der Waals surface area (Å²) in [6.07, 6.45) is 1.16. The van der Waals surface area contributed by atoms with Crippen molar-refractivity contribution in [3.63, 3.8) is 0 Å². The average molecular weight is 448 g/mol. The summed E-state index contributed by atoms with van der Waals surface area (Å²) in [6, 6.07) is 9.64. The van der Waals surface area contributed by atoms with Crippen LogP contribution in [0.25, 0.3) is 0 Å². The molecule has 33 heavy (non-hydrogen) atoms.